The molecule has 11 nitrogen and oxygen atoms in total. The number of benzene rings is 1. The van der Waals surface area contributed by atoms with Gasteiger partial charge in [0.25, 0.3) is 11.8 Å². The first-order chi connectivity index (χ1) is 13.5. The molecule has 0 saturated carbocycles. The smallest absolute Gasteiger partial charge is 0.322 e. The lowest BCUT2D eigenvalue weighted by atomic mass is 9.98. The van der Waals surface area contributed by atoms with Crippen LogP contribution in [-0.4, -0.2) is 48.9 Å². The maximum absolute atomic E-state index is 12.6. The number of aromatic nitrogens is 5. The van der Waals surface area contributed by atoms with E-state index in [1.165, 1.54) is 6.20 Å². The van der Waals surface area contributed by atoms with Crippen LogP contribution in [0.4, 0.5) is 4.79 Å². The molecule has 3 N–H and O–H groups in total. The van der Waals surface area contributed by atoms with Crippen molar-refractivity contribution in [2.75, 3.05) is 6.54 Å². The highest BCUT2D eigenvalue weighted by Gasteiger charge is 2.50. The molecule has 4 amide bonds. The zero-order valence-electron chi connectivity index (χ0n) is 14.8. The minimum absolute atomic E-state index is 0.154. The van der Waals surface area contributed by atoms with E-state index in [4.69, 9.17) is 0 Å². The molecule has 1 aliphatic rings. The van der Waals surface area contributed by atoms with Gasteiger partial charge in [0.2, 0.25) is 0 Å². The fourth-order valence-corrected chi connectivity index (χ4v) is 3.06. The van der Waals surface area contributed by atoms with Gasteiger partial charge in [-0.05, 0) is 24.3 Å². The van der Waals surface area contributed by atoms with Gasteiger partial charge in [0, 0.05) is 25.0 Å². The van der Waals surface area contributed by atoms with E-state index in [0.717, 1.165) is 5.69 Å². The molecule has 3 heterocycles. The van der Waals surface area contributed by atoms with Crippen molar-refractivity contribution in [1.82, 2.24) is 40.5 Å². The fraction of sp³-hybridized carbons (Fsp3) is 0.176. The van der Waals surface area contributed by atoms with Gasteiger partial charge >= 0.3 is 6.03 Å². The maximum atomic E-state index is 12.6. The summed E-state index contributed by atoms with van der Waals surface area (Å²) in [6, 6.07) is 6.07. The number of rotatable bonds is 5. The Kier molecular flexibility index (Phi) is 4.11. The van der Waals surface area contributed by atoms with Gasteiger partial charge < -0.3 is 15.2 Å². The summed E-state index contributed by atoms with van der Waals surface area (Å²) in [6.45, 7) is -0.154. The molecule has 0 bridgehead atoms. The molecule has 11 heteroatoms. The SMILES string of the molecule is Cn1ccnc1C1(CNC(=O)c2ccc(-n3ccnn3)cc2)NC(=O)NC1=O. The van der Waals surface area contributed by atoms with Crippen LogP contribution in [0.15, 0.2) is 49.1 Å². The summed E-state index contributed by atoms with van der Waals surface area (Å²) in [5.74, 6) is -0.654. The van der Waals surface area contributed by atoms with E-state index in [9.17, 15) is 14.4 Å². The quantitative estimate of drug-likeness (QED) is 0.509. The molecular weight excluding hydrogens is 364 g/mol. The Hall–Kier alpha value is -4.02. The van der Waals surface area contributed by atoms with Gasteiger partial charge in [-0.2, -0.15) is 0 Å². The molecule has 0 radical (unpaired) electrons. The summed E-state index contributed by atoms with van der Waals surface area (Å²) < 4.78 is 3.18. The van der Waals surface area contributed by atoms with Crippen LogP contribution in [0, 0.1) is 0 Å². The molecule has 1 fully saturated rings. The minimum Gasteiger partial charge on any atom is -0.349 e. The van der Waals surface area contributed by atoms with Crippen molar-refractivity contribution in [1.29, 1.82) is 0 Å². The third-order valence-corrected chi connectivity index (χ3v) is 4.48. The predicted octanol–water partition coefficient (Wildman–Crippen LogP) is -0.534. The Morgan fingerprint density at radius 1 is 1.18 bits per heavy atom. The lowest BCUT2D eigenvalue weighted by Gasteiger charge is -2.25. The molecule has 1 aromatic carbocycles. The Morgan fingerprint density at radius 2 is 1.96 bits per heavy atom. The number of carbonyl (C=O) groups excluding carboxylic acids is 3. The molecule has 1 aliphatic heterocycles. The Bertz CT molecular complexity index is 1040. The Morgan fingerprint density at radius 3 is 2.54 bits per heavy atom. The van der Waals surface area contributed by atoms with Crippen LogP contribution in [0.1, 0.15) is 16.2 Å². The van der Waals surface area contributed by atoms with E-state index in [0.29, 0.717) is 11.4 Å². The summed E-state index contributed by atoms with van der Waals surface area (Å²) >= 11 is 0. The van der Waals surface area contributed by atoms with E-state index in [-0.39, 0.29) is 6.54 Å². The summed E-state index contributed by atoms with van der Waals surface area (Å²) in [7, 11) is 1.70. The lowest BCUT2D eigenvalue weighted by molar-refractivity contribution is -0.124. The van der Waals surface area contributed by atoms with Crippen molar-refractivity contribution in [2.24, 2.45) is 7.05 Å². The molecule has 3 aromatic rings. The summed E-state index contributed by atoms with van der Waals surface area (Å²) in [4.78, 5) is 40.9. The molecule has 28 heavy (non-hydrogen) atoms. The van der Waals surface area contributed by atoms with Crippen molar-refractivity contribution in [3.05, 3.63) is 60.4 Å². The fourth-order valence-electron chi connectivity index (χ4n) is 3.06. The summed E-state index contributed by atoms with van der Waals surface area (Å²) in [6.07, 6.45) is 6.41. The van der Waals surface area contributed by atoms with Crippen LogP contribution in [-0.2, 0) is 17.4 Å². The van der Waals surface area contributed by atoms with Gasteiger partial charge in [0.05, 0.1) is 24.6 Å². The van der Waals surface area contributed by atoms with Gasteiger partial charge in [0.15, 0.2) is 5.54 Å². The highest BCUT2D eigenvalue weighted by atomic mass is 16.2. The number of imide groups is 1. The molecule has 2 aromatic heterocycles. The first kappa shape index (κ1) is 17.4. The number of urea groups is 1. The first-order valence-corrected chi connectivity index (χ1v) is 8.36. The number of hydrogen-bond donors (Lipinski definition) is 3. The number of nitrogens with zero attached hydrogens (tertiary/aromatic N) is 5. The number of hydrogen-bond acceptors (Lipinski definition) is 6. The van der Waals surface area contributed by atoms with Crippen LogP contribution >= 0.6 is 0 Å². The van der Waals surface area contributed by atoms with Crippen LogP contribution in [0.2, 0.25) is 0 Å². The molecule has 1 unspecified atom stereocenters. The van der Waals surface area contributed by atoms with Crippen molar-refractivity contribution in [3.8, 4) is 5.69 Å². The number of nitrogens with one attached hydrogen (secondary N) is 3. The van der Waals surface area contributed by atoms with Crippen molar-refractivity contribution in [3.63, 3.8) is 0 Å². The summed E-state index contributed by atoms with van der Waals surface area (Å²) in [5.41, 5.74) is -0.337. The highest BCUT2D eigenvalue weighted by molar-refractivity contribution is 6.07. The second-order valence-corrected chi connectivity index (χ2v) is 6.25. The average Bonchev–Trinajstić information content (AvgIpc) is 3.41. The van der Waals surface area contributed by atoms with Gasteiger partial charge in [-0.25, -0.2) is 14.5 Å². The molecule has 1 saturated heterocycles. The monoisotopic (exact) mass is 380 g/mol. The summed E-state index contributed by atoms with van der Waals surface area (Å²) in [5, 5.41) is 15.1. The minimum atomic E-state index is -1.48. The van der Waals surface area contributed by atoms with Crippen molar-refractivity contribution < 1.29 is 14.4 Å². The maximum Gasteiger partial charge on any atom is 0.322 e. The lowest BCUT2D eigenvalue weighted by Crippen LogP contribution is -2.54. The number of carbonyl (C=O) groups is 3. The van der Waals surface area contributed by atoms with Gasteiger partial charge in [-0.15, -0.1) is 5.10 Å². The van der Waals surface area contributed by atoms with Crippen LogP contribution in [0.5, 0.6) is 0 Å². The highest BCUT2D eigenvalue weighted by Crippen LogP contribution is 2.22. The Balaban J connectivity index is 1.53. The molecule has 0 spiro atoms. The van der Waals surface area contributed by atoms with E-state index in [1.807, 2.05) is 0 Å². The second-order valence-electron chi connectivity index (χ2n) is 6.25. The zero-order valence-corrected chi connectivity index (χ0v) is 14.8. The van der Waals surface area contributed by atoms with E-state index in [1.54, 1.807) is 59.2 Å². The molecule has 1 atom stereocenters. The predicted molar refractivity (Wildman–Crippen MR) is 95.3 cm³/mol. The zero-order chi connectivity index (χ0) is 19.7. The number of aryl methyl sites for hydroxylation is 1. The van der Waals surface area contributed by atoms with Crippen LogP contribution in [0.25, 0.3) is 5.69 Å². The Labute approximate surface area is 158 Å². The van der Waals surface area contributed by atoms with Crippen molar-refractivity contribution >= 4 is 17.8 Å². The first-order valence-electron chi connectivity index (χ1n) is 8.36. The van der Waals surface area contributed by atoms with E-state index >= 15 is 0 Å². The topological polar surface area (TPSA) is 136 Å². The second kappa shape index (κ2) is 6.61. The van der Waals surface area contributed by atoms with Gasteiger partial charge in [0.1, 0.15) is 5.82 Å². The van der Waals surface area contributed by atoms with Crippen LogP contribution in [0.3, 0.4) is 0 Å². The number of amides is 4. The van der Waals surface area contributed by atoms with Crippen molar-refractivity contribution in [2.45, 2.75) is 5.54 Å². The molecular formula is C17H16N8O3. The molecule has 4 rings (SSSR count). The molecule has 142 valence electrons. The van der Waals surface area contributed by atoms with E-state index < -0.39 is 23.4 Å². The largest absolute Gasteiger partial charge is 0.349 e. The molecule has 0 aliphatic carbocycles. The standard InChI is InChI=1S/C17H16N8O3/c1-24-8-6-18-14(24)17(15(27)21-16(28)22-17)10-19-13(26)11-2-4-12(5-3-11)25-9-7-20-23-25/h2-9H,10H2,1H3,(H,19,26)(H2,21,22,27,28). The third kappa shape index (κ3) is 2.88. The average molecular weight is 380 g/mol. The van der Waals surface area contributed by atoms with Crippen LogP contribution < -0.4 is 16.0 Å². The van der Waals surface area contributed by atoms with Gasteiger partial charge in [-0.1, -0.05) is 5.21 Å². The normalized spacial score (nSPS) is 18.6. The third-order valence-electron chi connectivity index (χ3n) is 4.48. The van der Waals surface area contributed by atoms with Gasteiger partial charge in [-0.3, -0.25) is 14.9 Å². The van der Waals surface area contributed by atoms with E-state index in [2.05, 4.69) is 31.2 Å². The number of imidazole rings is 1.